The first-order valence-electron chi connectivity index (χ1n) is 7.04. The zero-order valence-electron chi connectivity index (χ0n) is 11.9. The van der Waals surface area contributed by atoms with Crippen LogP contribution in [-0.2, 0) is 4.79 Å². The average molecular weight is 287 g/mol. The van der Waals surface area contributed by atoms with Gasteiger partial charge in [0.1, 0.15) is 5.75 Å². The van der Waals surface area contributed by atoms with Gasteiger partial charge < -0.3 is 14.2 Å². The third-order valence-electron chi connectivity index (χ3n) is 3.44. The summed E-state index contributed by atoms with van der Waals surface area (Å²) in [5.41, 5.74) is 0.804. The molecule has 2 heterocycles. The van der Waals surface area contributed by atoms with E-state index < -0.39 is 0 Å². The second-order valence-corrected chi connectivity index (χ2v) is 5.04. The van der Waals surface area contributed by atoms with Crippen molar-refractivity contribution in [1.29, 1.82) is 0 Å². The minimum Gasteiger partial charge on any atom is -0.484 e. The molecule has 0 N–H and O–H groups in total. The number of aromatic nitrogens is 2. The first kappa shape index (κ1) is 13.6. The topological polar surface area (TPSA) is 68.5 Å². The number of carbonyl (C=O) groups excluding carboxylic acids is 1. The first-order chi connectivity index (χ1) is 10.2. The molecule has 0 radical (unpaired) electrons. The van der Waals surface area contributed by atoms with Crippen molar-refractivity contribution < 1.29 is 14.1 Å². The lowest BCUT2D eigenvalue weighted by molar-refractivity contribution is -0.132. The monoisotopic (exact) mass is 287 g/mol. The summed E-state index contributed by atoms with van der Waals surface area (Å²) >= 11 is 0. The van der Waals surface area contributed by atoms with Crippen molar-refractivity contribution in [1.82, 2.24) is 15.0 Å². The fourth-order valence-electron chi connectivity index (χ4n) is 2.34. The highest BCUT2D eigenvalue weighted by Crippen LogP contribution is 2.21. The predicted molar refractivity (Wildman–Crippen MR) is 75.8 cm³/mol. The largest absolute Gasteiger partial charge is 0.484 e. The lowest BCUT2D eigenvalue weighted by atomic mass is 10.2. The molecule has 6 heteroatoms. The van der Waals surface area contributed by atoms with Gasteiger partial charge in [-0.05, 0) is 25.0 Å². The maximum absolute atomic E-state index is 11.9. The molecule has 1 aromatic heterocycles. The standard InChI is InChI=1S/C15H17N3O3/c1-11-16-15(17-21-11)12-5-4-6-13(9-12)20-10-14(19)18-7-2-3-8-18/h4-6,9H,2-3,7-8,10H2,1H3. The van der Waals surface area contributed by atoms with Crippen LogP contribution in [-0.4, -0.2) is 40.6 Å². The van der Waals surface area contributed by atoms with Gasteiger partial charge in [-0.15, -0.1) is 0 Å². The highest BCUT2D eigenvalue weighted by molar-refractivity contribution is 5.78. The molecule has 21 heavy (non-hydrogen) atoms. The molecule has 1 fully saturated rings. The van der Waals surface area contributed by atoms with E-state index in [4.69, 9.17) is 9.26 Å². The highest BCUT2D eigenvalue weighted by atomic mass is 16.5. The van der Waals surface area contributed by atoms with Crippen LogP contribution in [0.5, 0.6) is 5.75 Å². The summed E-state index contributed by atoms with van der Waals surface area (Å²) in [5, 5.41) is 3.87. The third kappa shape index (κ3) is 3.21. The van der Waals surface area contributed by atoms with E-state index in [0.29, 0.717) is 17.5 Å². The number of likely N-dealkylation sites (tertiary alicyclic amines) is 1. The molecule has 0 saturated carbocycles. The Balaban J connectivity index is 1.64. The molecule has 1 amide bonds. The molecule has 1 aliphatic rings. The van der Waals surface area contributed by atoms with Gasteiger partial charge in [0, 0.05) is 25.6 Å². The van der Waals surface area contributed by atoms with Crippen molar-refractivity contribution in [3.05, 3.63) is 30.2 Å². The number of carbonyl (C=O) groups is 1. The molecule has 0 spiro atoms. The Morgan fingerprint density at radius 1 is 1.38 bits per heavy atom. The van der Waals surface area contributed by atoms with Gasteiger partial charge in [-0.3, -0.25) is 4.79 Å². The van der Waals surface area contributed by atoms with E-state index >= 15 is 0 Å². The van der Waals surface area contributed by atoms with Gasteiger partial charge in [0.25, 0.3) is 5.91 Å². The highest BCUT2D eigenvalue weighted by Gasteiger charge is 2.18. The summed E-state index contributed by atoms with van der Waals surface area (Å²) in [6, 6.07) is 7.34. The van der Waals surface area contributed by atoms with E-state index in [1.807, 2.05) is 29.2 Å². The Bertz CT molecular complexity index is 633. The zero-order chi connectivity index (χ0) is 14.7. The Hall–Kier alpha value is -2.37. The number of benzene rings is 1. The molecule has 2 aromatic rings. The van der Waals surface area contributed by atoms with E-state index in [0.717, 1.165) is 31.5 Å². The molecule has 0 unspecified atom stereocenters. The van der Waals surface area contributed by atoms with E-state index in [2.05, 4.69) is 10.1 Å². The third-order valence-corrected chi connectivity index (χ3v) is 3.44. The van der Waals surface area contributed by atoms with Gasteiger partial charge in [-0.25, -0.2) is 0 Å². The molecule has 6 nitrogen and oxygen atoms in total. The molecule has 1 aliphatic heterocycles. The number of ether oxygens (including phenoxy) is 1. The normalized spacial score (nSPS) is 14.4. The van der Waals surface area contributed by atoms with Crippen LogP contribution in [0.4, 0.5) is 0 Å². The summed E-state index contributed by atoms with van der Waals surface area (Å²) in [7, 11) is 0. The van der Waals surface area contributed by atoms with Crippen molar-refractivity contribution >= 4 is 5.91 Å². The molecule has 0 aliphatic carbocycles. The van der Waals surface area contributed by atoms with Crippen LogP contribution in [0.25, 0.3) is 11.4 Å². The summed E-state index contributed by atoms with van der Waals surface area (Å²) in [6.07, 6.45) is 2.16. The smallest absolute Gasteiger partial charge is 0.260 e. The second-order valence-electron chi connectivity index (χ2n) is 5.04. The zero-order valence-corrected chi connectivity index (χ0v) is 11.9. The van der Waals surface area contributed by atoms with Crippen molar-refractivity contribution in [2.75, 3.05) is 19.7 Å². The molecule has 0 bridgehead atoms. The maximum atomic E-state index is 11.9. The number of hydrogen-bond acceptors (Lipinski definition) is 5. The minimum atomic E-state index is 0.0355. The van der Waals surface area contributed by atoms with E-state index in [1.165, 1.54) is 0 Å². The molecule has 0 atom stereocenters. The molecular weight excluding hydrogens is 270 g/mol. The quantitative estimate of drug-likeness (QED) is 0.860. The van der Waals surface area contributed by atoms with Crippen molar-refractivity contribution in [2.24, 2.45) is 0 Å². The summed E-state index contributed by atoms with van der Waals surface area (Å²) in [6.45, 7) is 3.48. The number of hydrogen-bond donors (Lipinski definition) is 0. The lowest BCUT2D eigenvalue weighted by Gasteiger charge is -2.15. The van der Waals surface area contributed by atoms with E-state index in [-0.39, 0.29) is 12.5 Å². The molecule has 1 saturated heterocycles. The fourth-order valence-corrected chi connectivity index (χ4v) is 2.34. The van der Waals surface area contributed by atoms with Gasteiger partial charge in [0.05, 0.1) is 0 Å². The summed E-state index contributed by atoms with van der Waals surface area (Å²) < 4.78 is 10.5. The number of amides is 1. The van der Waals surface area contributed by atoms with Crippen molar-refractivity contribution in [3.8, 4) is 17.1 Å². The van der Waals surface area contributed by atoms with Crippen LogP contribution in [0, 0.1) is 6.92 Å². The Morgan fingerprint density at radius 3 is 2.90 bits per heavy atom. The average Bonchev–Trinajstić information content (AvgIpc) is 3.16. The van der Waals surface area contributed by atoms with Crippen LogP contribution in [0.15, 0.2) is 28.8 Å². The predicted octanol–water partition coefficient (Wildman–Crippen LogP) is 2.05. The van der Waals surface area contributed by atoms with Crippen LogP contribution < -0.4 is 4.74 Å². The molecular formula is C15H17N3O3. The lowest BCUT2D eigenvalue weighted by Crippen LogP contribution is -2.32. The van der Waals surface area contributed by atoms with Crippen LogP contribution >= 0.6 is 0 Å². The van der Waals surface area contributed by atoms with Gasteiger partial charge in [-0.1, -0.05) is 17.3 Å². The maximum Gasteiger partial charge on any atom is 0.260 e. The van der Waals surface area contributed by atoms with Crippen molar-refractivity contribution in [3.63, 3.8) is 0 Å². The van der Waals surface area contributed by atoms with Gasteiger partial charge in [0.2, 0.25) is 11.7 Å². The van der Waals surface area contributed by atoms with Crippen LogP contribution in [0.2, 0.25) is 0 Å². The van der Waals surface area contributed by atoms with Gasteiger partial charge >= 0.3 is 0 Å². The molecule has 3 rings (SSSR count). The molecule has 1 aromatic carbocycles. The first-order valence-corrected chi connectivity index (χ1v) is 7.04. The number of aryl methyl sites for hydroxylation is 1. The summed E-state index contributed by atoms with van der Waals surface area (Å²) in [4.78, 5) is 17.9. The Kier molecular flexibility index (Phi) is 3.85. The van der Waals surface area contributed by atoms with Crippen LogP contribution in [0.3, 0.4) is 0 Å². The SMILES string of the molecule is Cc1nc(-c2cccc(OCC(=O)N3CCCC3)c2)no1. The Labute approximate surface area is 122 Å². The van der Waals surface area contributed by atoms with Gasteiger partial charge in [0.15, 0.2) is 6.61 Å². The minimum absolute atomic E-state index is 0.0355. The molecule has 110 valence electrons. The van der Waals surface area contributed by atoms with Crippen molar-refractivity contribution in [2.45, 2.75) is 19.8 Å². The second kappa shape index (κ2) is 5.95. The Morgan fingerprint density at radius 2 is 2.19 bits per heavy atom. The van der Waals surface area contributed by atoms with E-state index in [9.17, 15) is 4.79 Å². The number of nitrogens with zero attached hydrogens (tertiary/aromatic N) is 3. The summed E-state index contributed by atoms with van der Waals surface area (Å²) in [5.74, 6) is 1.69. The van der Waals surface area contributed by atoms with E-state index in [1.54, 1.807) is 6.92 Å². The van der Waals surface area contributed by atoms with Crippen LogP contribution in [0.1, 0.15) is 18.7 Å². The fraction of sp³-hybridized carbons (Fsp3) is 0.400. The number of rotatable bonds is 4. The van der Waals surface area contributed by atoms with Gasteiger partial charge in [-0.2, -0.15) is 4.98 Å².